The molecular weight excluding hydrogens is 448 g/mol. The number of aromatic nitrogens is 3. The van der Waals surface area contributed by atoms with Crippen LogP contribution in [0.3, 0.4) is 0 Å². The highest BCUT2D eigenvalue weighted by molar-refractivity contribution is 7.99. The van der Waals surface area contributed by atoms with Crippen molar-refractivity contribution in [1.29, 1.82) is 0 Å². The van der Waals surface area contributed by atoms with Gasteiger partial charge >= 0.3 is 0 Å². The van der Waals surface area contributed by atoms with Crippen molar-refractivity contribution in [3.05, 3.63) is 72.1 Å². The lowest BCUT2D eigenvalue weighted by Crippen LogP contribution is -2.24. The van der Waals surface area contributed by atoms with Gasteiger partial charge in [-0.2, -0.15) is 5.10 Å². The van der Waals surface area contributed by atoms with Crippen LogP contribution in [0.5, 0.6) is 11.5 Å². The topological polar surface area (TPSA) is 77.8 Å². The van der Waals surface area contributed by atoms with Crippen molar-refractivity contribution >= 4 is 23.3 Å². The molecule has 1 N–H and O–H groups in total. The van der Waals surface area contributed by atoms with E-state index in [1.165, 1.54) is 11.8 Å². The molecular formula is C26H28N4O3S. The summed E-state index contributed by atoms with van der Waals surface area (Å²) in [5.41, 5.74) is 4.59. The van der Waals surface area contributed by atoms with E-state index in [1.54, 1.807) is 17.8 Å². The number of thioether (sulfide) groups is 1. The normalized spacial score (nSPS) is 11.1. The third-order valence-electron chi connectivity index (χ3n) is 5.10. The Morgan fingerprint density at radius 2 is 1.79 bits per heavy atom. The van der Waals surface area contributed by atoms with E-state index in [4.69, 9.17) is 9.47 Å². The SMILES string of the molecule is COc1ccc(-c2cnn3c(SCC(=O)NCc4ccc(OC(C)C)cc4)cc(C)nc23)cc1. The van der Waals surface area contributed by atoms with Gasteiger partial charge in [0.2, 0.25) is 5.91 Å². The quantitative estimate of drug-likeness (QED) is 0.273. The average Bonchev–Trinajstić information content (AvgIpc) is 3.25. The van der Waals surface area contributed by atoms with Gasteiger partial charge in [0.05, 0.1) is 25.2 Å². The van der Waals surface area contributed by atoms with Crippen molar-refractivity contribution in [2.24, 2.45) is 0 Å². The minimum atomic E-state index is -0.0438. The first kappa shape index (κ1) is 23.6. The van der Waals surface area contributed by atoms with Crippen LogP contribution in [-0.4, -0.2) is 39.5 Å². The maximum Gasteiger partial charge on any atom is 0.230 e. The molecule has 8 heteroatoms. The summed E-state index contributed by atoms with van der Waals surface area (Å²) in [5, 5.41) is 8.38. The Morgan fingerprint density at radius 3 is 2.47 bits per heavy atom. The molecule has 1 amide bonds. The van der Waals surface area contributed by atoms with Gasteiger partial charge in [0.15, 0.2) is 5.65 Å². The summed E-state index contributed by atoms with van der Waals surface area (Å²) in [6, 6.07) is 17.5. The van der Waals surface area contributed by atoms with Crippen LogP contribution < -0.4 is 14.8 Å². The first-order valence-corrected chi connectivity index (χ1v) is 12.1. The summed E-state index contributed by atoms with van der Waals surface area (Å²) in [6.45, 7) is 6.40. The van der Waals surface area contributed by atoms with Crippen LogP contribution in [-0.2, 0) is 11.3 Å². The first-order valence-electron chi connectivity index (χ1n) is 11.1. The Kier molecular flexibility index (Phi) is 7.37. The molecule has 2 heterocycles. The molecule has 0 atom stereocenters. The van der Waals surface area contributed by atoms with Gasteiger partial charge in [0.25, 0.3) is 0 Å². The second-order valence-corrected chi connectivity index (χ2v) is 9.13. The molecule has 0 saturated carbocycles. The van der Waals surface area contributed by atoms with E-state index in [0.717, 1.165) is 44.6 Å². The van der Waals surface area contributed by atoms with Gasteiger partial charge in [0.1, 0.15) is 16.5 Å². The number of hydrogen-bond acceptors (Lipinski definition) is 6. The predicted molar refractivity (Wildman–Crippen MR) is 134 cm³/mol. The fourth-order valence-electron chi connectivity index (χ4n) is 3.48. The zero-order valence-corrected chi connectivity index (χ0v) is 20.6. The molecule has 0 bridgehead atoms. The molecule has 176 valence electrons. The van der Waals surface area contributed by atoms with Gasteiger partial charge in [-0.15, -0.1) is 0 Å². The van der Waals surface area contributed by atoms with E-state index < -0.39 is 0 Å². The first-order chi connectivity index (χ1) is 16.4. The van der Waals surface area contributed by atoms with E-state index in [2.05, 4.69) is 15.4 Å². The van der Waals surface area contributed by atoms with E-state index >= 15 is 0 Å². The molecule has 0 aliphatic rings. The Morgan fingerprint density at radius 1 is 1.09 bits per heavy atom. The number of hydrogen-bond donors (Lipinski definition) is 1. The highest BCUT2D eigenvalue weighted by Gasteiger charge is 2.14. The number of carbonyl (C=O) groups is 1. The average molecular weight is 477 g/mol. The van der Waals surface area contributed by atoms with Crippen LogP contribution in [0.1, 0.15) is 25.1 Å². The van der Waals surface area contributed by atoms with Gasteiger partial charge in [-0.3, -0.25) is 4.79 Å². The van der Waals surface area contributed by atoms with E-state index in [0.29, 0.717) is 6.54 Å². The smallest absolute Gasteiger partial charge is 0.230 e. The van der Waals surface area contributed by atoms with Gasteiger partial charge in [0, 0.05) is 17.8 Å². The Labute approximate surface area is 203 Å². The highest BCUT2D eigenvalue weighted by Crippen LogP contribution is 2.28. The third-order valence-corrected chi connectivity index (χ3v) is 6.10. The van der Waals surface area contributed by atoms with Crippen LogP contribution in [0.25, 0.3) is 16.8 Å². The number of benzene rings is 2. The van der Waals surface area contributed by atoms with Crippen molar-refractivity contribution in [2.75, 3.05) is 12.9 Å². The number of carbonyl (C=O) groups excluding carboxylic acids is 1. The van der Waals surface area contributed by atoms with Crippen LogP contribution >= 0.6 is 11.8 Å². The number of aryl methyl sites for hydroxylation is 1. The molecule has 34 heavy (non-hydrogen) atoms. The van der Waals surface area contributed by atoms with Crippen LogP contribution in [0.15, 0.2) is 65.8 Å². The second kappa shape index (κ2) is 10.6. The van der Waals surface area contributed by atoms with Gasteiger partial charge in [-0.05, 0) is 62.2 Å². The van der Waals surface area contributed by atoms with Gasteiger partial charge in [-0.25, -0.2) is 9.50 Å². The summed E-state index contributed by atoms with van der Waals surface area (Å²) in [7, 11) is 1.65. The second-order valence-electron chi connectivity index (χ2n) is 8.13. The highest BCUT2D eigenvalue weighted by atomic mass is 32.2. The predicted octanol–water partition coefficient (Wildman–Crippen LogP) is 4.91. The summed E-state index contributed by atoms with van der Waals surface area (Å²) >= 11 is 1.44. The van der Waals surface area contributed by atoms with Crippen molar-refractivity contribution in [1.82, 2.24) is 19.9 Å². The lowest BCUT2D eigenvalue weighted by atomic mass is 10.1. The van der Waals surface area contributed by atoms with E-state index in [-0.39, 0.29) is 17.8 Å². The standard InChI is InChI=1S/C26H28N4O3S/c1-17(2)33-22-9-5-19(6-10-22)14-27-24(31)16-34-25-13-18(3)29-26-23(15-28-30(25)26)20-7-11-21(32-4)12-8-20/h5-13,15,17H,14,16H2,1-4H3,(H,27,31). The zero-order valence-electron chi connectivity index (χ0n) is 19.7. The summed E-state index contributed by atoms with van der Waals surface area (Å²) in [4.78, 5) is 17.2. The molecule has 4 rings (SSSR count). The summed E-state index contributed by atoms with van der Waals surface area (Å²) in [5.74, 6) is 1.86. The number of nitrogens with one attached hydrogen (secondary N) is 1. The minimum absolute atomic E-state index is 0.0438. The Hall–Kier alpha value is -3.52. The molecule has 0 radical (unpaired) electrons. The monoisotopic (exact) mass is 476 g/mol. The molecule has 2 aromatic carbocycles. The van der Waals surface area contributed by atoms with Crippen molar-refractivity contribution < 1.29 is 14.3 Å². The number of nitrogens with zero attached hydrogens (tertiary/aromatic N) is 3. The van der Waals surface area contributed by atoms with Gasteiger partial charge < -0.3 is 14.8 Å². The lowest BCUT2D eigenvalue weighted by molar-refractivity contribution is -0.118. The molecule has 0 spiro atoms. The zero-order chi connectivity index (χ0) is 24.1. The largest absolute Gasteiger partial charge is 0.497 e. The molecule has 0 fully saturated rings. The number of rotatable bonds is 9. The number of ether oxygens (including phenoxy) is 2. The van der Waals surface area contributed by atoms with Crippen LogP contribution in [0, 0.1) is 6.92 Å². The third kappa shape index (κ3) is 5.69. The van der Waals surface area contributed by atoms with Crippen molar-refractivity contribution in [3.63, 3.8) is 0 Å². The molecule has 0 saturated heterocycles. The fourth-order valence-corrected chi connectivity index (χ4v) is 4.37. The van der Waals surface area contributed by atoms with Crippen molar-refractivity contribution in [3.8, 4) is 22.6 Å². The molecule has 0 unspecified atom stereocenters. The van der Waals surface area contributed by atoms with Crippen LogP contribution in [0.2, 0.25) is 0 Å². The number of amides is 1. The number of fused-ring (bicyclic) bond motifs is 1. The summed E-state index contributed by atoms with van der Waals surface area (Å²) < 4.78 is 12.7. The van der Waals surface area contributed by atoms with E-state index in [1.807, 2.05) is 75.4 Å². The molecule has 0 aliphatic carbocycles. The molecule has 7 nitrogen and oxygen atoms in total. The fraction of sp³-hybridized carbons (Fsp3) is 0.269. The van der Waals surface area contributed by atoms with E-state index in [9.17, 15) is 4.79 Å². The Bertz CT molecular complexity index is 1270. The van der Waals surface area contributed by atoms with Crippen molar-refractivity contribution in [2.45, 2.75) is 38.4 Å². The minimum Gasteiger partial charge on any atom is -0.497 e. The molecule has 4 aromatic rings. The van der Waals surface area contributed by atoms with Crippen LogP contribution in [0.4, 0.5) is 0 Å². The number of methoxy groups -OCH3 is 1. The van der Waals surface area contributed by atoms with Gasteiger partial charge in [-0.1, -0.05) is 36.0 Å². The molecule has 2 aromatic heterocycles. The molecule has 0 aliphatic heterocycles. The maximum absolute atomic E-state index is 12.5. The maximum atomic E-state index is 12.5. The Balaban J connectivity index is 1.41. The lowest BCUT2D eigenvalue weighted by Gasteiger charge is -2.11. The summed E-state index contributed by atoms with van der Waals surface area (Å²) in [6.07, 6.45) is 1.94.